The molecule has 148 valence electrons. The molecule has 2 aromatic rings. The number of aromatic nitrogens is 1. The lowest BCUT2D eigenvalue weighted by Gasteiger charge is -2.17. The number of halogens is 8. The molecule has 2 rings (SSSR count). The van der Waals surface area contributed by atoms with Gasteiger partial charge in [0.1, 0.15) is 11.3 Å². The number of hydrogen-bond donors (Lipinski definition) is 0. The number of esters is 1. The van der Waals surface area contributed by atoms with Crippen LogP contribution in [0.25, 0.3) is 11.3 Å². The quantitative estimate of drug-likeness (QED) is 0.521. The molecule has 0 saturated heterocycles. The highest BCUT2D eigenvalue weighted by molar-refractivity contribution is 5.97. The number of alkyl halides is 8. The molecule has 1 aromatic heterocycles. The van der Waals surface area contributed by atoms with Crippen LogP contribution in [-0.4, -0.2) is 23.9 Å². The third-order valence-electron chi connectivity index (χ3n) is 3.30. The highest BCUT2D eigenvalue weighted by Crippen LogP contribution is 2.47. The Balaban J connectivity index is 2.63. The first kappa shape index (κ1) is 20.6. The fourth-order valence-electron chi connectivity index (χ4n) is 2.04. The molecule has 1 aromatic carbocycles. The average Bonchev–Trinajstić information content (AvgIpc) is 2.99. The molecular formula is C15H9F8NO3. The third-order valence-corrected chi connectivity index (χ3v) is 3.30. The minimum atomic E-state index is -6.11. The Morgan fingerprint density at radius 3 is 2.04 bits per heavy atom. The summed E-state index contributed by atoms with van der Waals surface area (Å²) < 4.78 is 111. The second-order valence-electron chi connectivity index (χ2n) is 5.10. The minimum Gasteiger partial charge on any atom is -0.462 e. The molecule has 0 saturated carbocycles. The monoisotopic (exact) mass is 403 g/mol. The molecule has 0 bridgehead atoms. The van der Waals surface area contributed by atoms with E-state index in [4.69, 9.17) is 0 Å². The van der Waals surface area contributed by atoms with E-state index in [2.05, 4.69) is 14.4 Å². The Hall–Kier alpha value is -2.66. The number of hydrogen-bond acceptors (Lipinski definition) is 4. The van der Waals surface area contributed by atoms with Crippen LogP contribution in [0.1, 0.15) is 28.6 Å². The predicted octanol–water partition coefficient (Wildman–Crippen LogP) is 5.19. The molecule has 4 nitrogen and oxygen atoms in total. The van der Waals surface area contributed by atoms with Gasteiger partial charge in [0.25, 0.3) is 0 Å². The van der Waals surface area contributed by atoms with Crippen LogP contribution in [0.5, 0.6) is 0 Å². The summed E-state index contributed by atoms with van der Waals surface area (Å²) in [4.78, 5) is 11.9. The molecule has 0 amide bonds. The normalized spacial score (nSPS) is 12.9. The van der Waals surface area contributed by atoms with Crippen molar-refractivity contribution < 1.29 is 49.2 Å². The molecule has 0 N–H and O–H groups in total. The van der Waals surface area contributed by atoms with Gasteiger partial charge in [0, 0.05) is 5.56 Å². The molecule has 0 spiro atoms. The Morgan fingerprint density at radius 1 is 1.04 bits per heavy atom. The van der Waals surface area contributed by atoms with Gasteiger partial charge in [-0.15, -0.1) is 0 Å². The Labute approximate surface area is 145 Å². The summed E-state index contributed by atoms with van der Waals surface area (Å²) in [5, 5.41) is 3.02. The van der Waals surface area contributed by atoms with E-state index >= 15 is 0 Å². The lowest BCUT2D eigenvalue weighted by molar-refractivity contribution is -0.296. The van der Waals surface area contributed by atoms with Crippen molar-refractivity contribution in [1.82, 2.24) is 5.16 Å². The third kappa shape index (κ3) is 3.88. The smallest absolute Gasteiger partial charge is 0.461 e. The van der Waals surface area contributed by atoms with Gasteiger partial charge in [0.15, 0.2) is 0 Å². The van der Waals surface area contributed by atoms with Gasteiger partial charge < -0.3 is 9.26 Å². The molecule has 0 atom stereocenters. The molecule has 1 heterocycles. The average molecular weight is 403 g/mol. The van der Waals surface area contributed by atoms with Crippen LogP contribution in [-0.2, 0) is 16.8 Å². The van der Waals surface area contributed by atoms with E-state index in [1.807, 2.05) is 0 Å². The zero-order valence-electron chi connectivity index (χ0n) is 13.2. The first-order chi connectivity index (χ1) is 12.3. The van der Waals surface area contributed by atoms with Crippen LogP contribution in [0, 0.1) is 0 Å². The van der Waals surface area contributed by atoms with Crippen LogP contribution >= 0.6 is 0 Å². The maximum atomic E-state index is 13.7. The van der Waals surface area contributed by atoms with E-state index < -0.39 is 46.8 Å². The first-order valence-corrected chi connectivity index (χ1v) is 7.10. The van der Waals surface area contributed by atoms with Gasteiger partial charge in [-0.1, -0.05) is 17.3 Å². The lowest BCUT2D eigenvalue weighted by atomic mass is 10.0. The van der Waals surface area contributed by atoms with Crippen molar-refractivity contribution in [2.24, 2.45) is 0 Å². The summed E-state index contributed by atoms with van der Waals surface area (Å²) in [5.41, 5.74) is -3.58. The van der Waals surface area contributed by atoms with Crippen molar-refractivity contribution in [3.63, 3.8) is 0 Å². The molecule has 0 fully saturated rings. The van der Waals surface area contributed by atoms with Gasteiger partial charge in [-0.3, -0.25) is 0 Å². The summed E-state index contributed by atoms with van der Waals surface area (Å²) in [6.07, 6.45) is -10.8. The van der Waals surface area contributed by atoms with Gasteiger partial charge in [0.05, 0.1) is 12.2 Å². The van der Waals surface area contributed by atoms with Crippen LogP contribution in [0.3, 0.4) is 0 Å². The molecule has 0 aliphatic carbocycles. The largest absolute Gasteiger partial charge is 0.462 e. The number of benzene rings is 1. The summed E-state index contributed by atoms with van der Waals surface area (Å²) in [6, 6.07) is 2.58. The number of carbonyl (C=O) groups is 1. The highest BCUT2D eigenvalue weighted by atomic mass is 19.4. The maximum absolute atomic E-state index is 13.7. The maximum Gasteiger partial charge on any atom is 0.461 e. The number of ether oxygens (including phenoxy) is 1. The van der Waals surface area contributed by atoms with E-state index in [1.54, 1.807) is 0 Å². The SMILES string of the molecule is CCOC(=O)c1c(-c2ccc(C(F)(F)F)cc2)noc1C(F)(F)C(F)(F)F. The Kier molecular flexibility index (Phi) is 5.21. The summed E-state index contributed by atoms with van der Waals surface area (Å²) in [6.45, 7) is 0.901. The number of carbonyl (C=O) groups excluding carboxylic acids is 1. The standard InChI is InChI=1S/C15H9F8NO3/c1-2-26-12(25)9-10(7-3-5-8(6-4-7)14(18,19)20)24-27-11(9)13(16,17)15(21,22)23/h3-6H,2H2,1H3. The summed E-state index contributed by atoms with van der Waals surface area (Å²) in [5.74, 6) is -9.28. The van der Waals surface area contributed by atoms with E-state index in [0.29, 0.717) is 12.1 Å². The number of rotatable bonds is 4. The zero-order valence-corrected chi connectivity index (χ0v) is 13.2. The van der Waals surface area contributed by atoms with Gasteiger partial charge >= 0.3 is 24.2 Å². The van der Waals surface area contributed by atoms with Crippen LogP contribution in [0.4, 0.5) is 35.1 Å². The minimum absolute atomic E-state index is 0.348. The summed E-state index contributed by atoms with van der Waals surface area (Å²) >= 11 is 0. The van der Waals surface area contributed by atoms with Gasteiger partial charge in [0.2, 0.25) is 5.76 Å². The van der Waals surface area contributed by atoms with Crippen molar-refractivity contribution in [1.29, 1.82) is 0 Å². The molecular weight excluding hydrogens is 394 g/mol. The van der Waals surface area contributed by atoms with Gasteiger partial charge in [-0.2, -0.15) is 35.1 Å². The van der Waals surface area contributed by atoms with Crippen LogP contribution < -0.4 is 0 Å². The van der Waals surface area contributed by atoms with E-state index in [1.165, 1.54) is 6.92 Å². The van der Waals surface area contributed by atoms with Crippen LogP contribution in [0.2, 0.25) is 0 Å². The van der Waals surface area contributed by atoms with Gasteiger partial charge in [-0.05, 0) is 19.1 Å². The van der Waals surface area contributed by atoms with Crippen molar-refractivity contribution in [2.75, 3.05) is 6.61 Å². The molecule has 0 aliphatic heterocycles. The molecule has 0 radical (unpaired) electrons. The summed E-state index contributed by atoms with van der Waals surface area (Å²) in [7, 11) is 0. The first-order valence-electron chi connectivity index (χ1n) is 7.10. The fraction of sp³-hybridized carbons (Fsp3) is 0.333. The predicted molar refractivity (Wildman–Crippen MR) is 72.8 cm³/mol. The molecule has 27 heavy (non-hydrogen) atoms. The van der Waals surface area contributed by atoms with E-state index in [-0.39, 0.29) is 12.2 Å². The van der Waals surface area contributed by atoms with Crippen LogP contribution in [0.15, 0.2) is 28.8 Å². The fourth-order valence-corrected chi connectivity index (χ4v) is 2.04. The molecule has 0 unspecified atom stereocenters. The highest BCUT2D eigenvalue weighted by Gasteiger charge is 2.63. The van der Waals surface area contributed by atoms with Gasteiger partial charge in [-0.25, -0.2) is 4.79 Å². The molecule has 0 aliphatic rings. The van der Waals surface area contributed by atoms with E-state index in [0.717, 1.165) is 12.1 Å². The molecule has 12 heteroatoms. The zero-order chi connectivity index (χ0) is 20.6. The lowest BCUT2D eigenvalue weighted by Crippen LogP contribution is -2.34. The Morgan fingerprint density at radius 2 is 1.59 bits per heavy atom. The van der Waals surface area contributed by atoms with Crippen molar-refractivity contribution in [3.8, 4) is 11.3 Å². The van der Waals surface area contributed by atoms with E-state index in [9.17, 15) is 39.9 Å². The Bertz CT molecular complexity index is 821. The van der Waals surface area contributed by atoms with Crippen molar-refractivity contribution >= 4 is 5.97 Å². The number of nitrogens with zero attached hydrogens (tertiary/aromatic N) is 1. The second kappa shape index (κ2) is 6.82. The van der Waals surface area contributed by atoms with Crippen molar-refractivity contribution in [3.05, 3.63) is 41.2 Å². The topological polar surface area (TPSA) is 52.3 Å². The van der Waals surface area contributed by atoms with Crippen molar-refractivity contribution in [2.45, 2.75) is 25.2 Å². The second-order valence-corrected chi connectivity index (χ2v) is 5.10.